The van der Waals surface area contributed by atoms with Crippen LogP contribution in [0.4, 0.5) is 5.69 Å². The summed E-state index contributed by atoms with van der Waals surface area (Å²) in [5, 5.41) is 0.169. The van der Waals surface area contributed by atoms with E-state index in [1.54, 1.807) is 6.07 Å². The zero-order chi connectivity index (χ0) is 15.3. The maximum Gasteiger partial charge on any atom is 0.242 e. The van der Waals surface area contributed by atoms with Gasteiger partial charge in [-0.05, 0) is 38.6 Å². The quantitative estimate of drug-likeness (QED) is 0.753. The van der Waals surface area contributed by atoms with Gasteiger partial charge in [0.1, 0.15) is 4.90 Å². The molecule has 3 N–H and O–H groups in total. The predicted octanol–water partition coefficient (Wildman–Crippen LogP) is 1.93. The highest BCUT2D eigenvalue weighted by Crippen LogP contribution is 2.23. The number of nitrogen functional groups attached to an aromatic ring is 1. The van der Waals surface area contributed by atoms with Gasteiger partial charge in [-0.1, -0.05) is 18.5 Å². The minimum absolute atomic E-state index is 0.0189. The Morgan fingerprint density at radius 2 is 2.10 bits per heavy atom. The van der Waals surface area contributed by atoms with Gasteiger partial charge in [0.25, 0.3) is 0 Å². The Bertz CT molecular complexity index is 549. The van der Waals surface area contributed by atoms with Crippen molar-refractivity contribution in [3.63, 3.8) is 0 Å². The van der Waals surface area contributed by atoms with E-state index in [9.17, 15) is 8.42 Å². The van der Waals surface area contributed by atoms with Crippen molar-refractivity contribution in [2.75, 3.05) is 25.9 Å². The third-order valence-electron chi connectivity index (χ3n) is 3.34. The van der Waals surface area contributed by atoms with Gasteiger partial charge in [-0.3, -0.25) is 0 Å². The van der Waals surface area contributed by atoms with Gasteiger partial charge < -0.3 is 10.6 Å². The minimum Gasteiger partial charge on any atom is -0.399 e. The number of nitrogens with zero attached hydrogens (tertiary/aromatic N) is 1. The van der Waals surface area contributed by atoms with Crippen LogP contribution in [0.2, 0.25) is 5.02 Å². The Balaban J connectivity index is 2.69. The van der Waals surface area contributed by atoms with Crippen LogP contribution in [0.3, 0.4) is 0 Å². The summed E-state index contributed by atoms with van der Waals surface area (Å²) in [4.78, 5) is 2.12. The molecule has 1 atom stereocenters. The second-order valence-electron chi connectivity index (χ2n) is 4.83. The number of rotatable bonds is 7. The Labute approximate surface area is 126 Å². The van der Waals surface area contributed by atoms with E-state index < -0.39 is 10.0 Å². The standard InChI is InChI=1S/C13H22ClN3O2S/c1-4-10(2)17(3)8-7-16-20(18,19)13-9-11(15)5-6-12(13)14/h5-6,9-10,16H,4,7-8,15H2,1-3H3. The molecule has 0 aromatic heterocycles. The number of hydrogen-bond donors (Lipinski definition) is 2. The number of anilines is 1. The van der Waals surface area contributed by atoms with Crippen LogP contribution in [-0.4, -0.2) is 39.5 Å². The molecule has 5 nitrogen and oxygen atoms in total. The van der Waals surface area contributed by atoms with Crippen LogP contribution in [-0.2, 0) is 10.0 Å². The Kier molecular flexibility index (Phi) is 6.26. The third-order valence-corrected chi connectivity index (χ3v) is 5.29. The van der Waals surface area contributed by atoms with E-state index in [1.165, 1.54) is 12.1 Å². The fourth-order valence-corrected chi connectivity index (χ4v) is 3.25. The van der Waals surface area contributed by atoms with Gasteiger partial charge in [0.05, 0.1) is 5.02 Å². The molecular weight excluding hydrogens is 298 g/mol. The van der Waals surface area contributed by atoms with Crippen LogP contribution in [0.15, 0.2) is 23.1 Å². The first-order chi connectivity index (χ1) is 9.27. The van der Waals surface area contributed by atoms with Gasteiger partial charge in [0.15, 0.2) is 0 Å². The minimum atomic E-state index is -3.63. The van der Waals surface area contributed by atoms with Gasteiger partial charge >= 0.3 is 0 Å². The third kappa shape index (κ3) is 4.63. The number of nitrogens with one attached hydrogen (secondary N) is 1. The number of hydrogen-bond acceptors (Lipinski definition) is 4. The van der Waals surface area contributed by atoms with Crippen molar-refractivity contribution < 1.29 is 8.42 Å². The Morgan fingerprint density at radius 3 is 2.70 bits per heavy atom. The average molecular weight is 320 g/mol. The van der Waals surface area contributed by atoms with Crippen LogP contribution in [0, 0.1) is 0 Å². The van der Waals surface area contributed by atoms with Crippen molar-refractivity contribution in [1.29, 1.82) is 0 Å². The van der Waals surface area contributed by atoms with Crippen molar-refractivity contribution in [3.8, 4) is 0 Å². The summed E-state index contributed by atoms with van der Waals surface area (Å²) in [5.74, 6) is 0. The molecule has 1 unspecified atom stereocenters. The molecule has 0 aliphatic rings. The summed E-state index contributed by atoms with van der Waals surface area (Å²) in [6.45, 7) is 5.16. The SMILES string of the molecule is CCC(C)N(C)CCNS(=O)(=O)c1cc(N)ccc1Cl. The lowest BCUT2D eigenvalue weighted by molar-refractivity contribution is 0.256. The molecule has 1 aromatic carbocycles. The number of sulfonamides is 1. The summed E-state index contributed by atoms with van der Waals surface area (Å²) in [6, 6.07) is 4.83. The van der Waals surface area contributed by atoms with E-state index in [2.05, 4.69) is 23.5 Å². The van der Waals surface area contributed by atoms with Crippen LogP contribution < -0.4 is 10.5 Å². The Morgan fingerprint density at radius 1 is 1.45 bits per heavy atom. The molecule has 1 rings (SSSR count). The maximum atomic E-state index is 12.2. The summed E-state index contributed by atoms with van der Waals surface area (Å²) < 4.78 is 26.9. The molecule has 1 aromatic rings. The largest absolute Gasteiger partial charge is 0.399 e. The van der Waals surface area contributed by atoms with Crippen molar-refractivity contribution in [3.05, 3.63) is 23.2 Å². The molecule has 20 heavy (non-hydrogen) atoms. The first kappa shape index (κ1) is 17.2. The fraction of sp³-hybridized carbons (Fsp3) is 0.538. The normalized spacial score (nSPS) is 13.7. The lowest BCUT2D eigenvalue weighted by Crippen LogP contribution is -2.37. The Hall–Kier alpha value is -0.820. The molecular formula is C13H22ClN3O2S. The van der Waals surface area contributed by atoms with Gasteiger partial charge in [-0.2, -0.15) is 0 Å². The zero-order valence-electron chi connectivity index (χ0n) is 12.1. The highest BCUT2D eigenvalue weighted by molar-refractivity contribution is 7.89. The first-order valence-electron chi connectivity index (χ1n) is 6.53. The van der Waals surface area contributed by atoms with Gasteiger partial charge in [-0.15, -0.1) is 0 Å². The molecule has 0 saturated heterocycles. The van der Waals surface area contributed by atoms with Crippen LogP contribution >= 0.6 is 11.6 Å². The van der Waals surface area contributed by atoms with E-state index in [1.807, 2.05) is 7.05 Å². The molecule has 0 aliphatic heterocycles. The molecule has 0 bridgehead atoms. The molecule has 0 spiro atoms. The predicted molar refractivity (Wildman–Crippen MR) is 83.4 cm³/mol. The summed E-state index contributed by atoms with van der Waals surface area (Å²) in [6.07, 6.45) is 1.02. The highest BCUT2D eigenvalue weighted by atomic mass is 35.5. The van der Waals surface area contributed by atoms with E-state index in [0.717, 1.165) is 6.42 Å². The van der Waals surface area contributed by atoms with Crippen molar-refractivity contribution in [1.82, 2.24) is 9.62 Å². The molecule has 0 aliphatic carbocycles. The second kappa shape index (κ2) is 7.26. The molecule has 0 saturated carbocycles. The lowest BCUT2D eigenvalue weighted by atomic mass is 10.2. The molecule has 7 heteroatoms. The van der Waals surface area contributed by atoms with Crippen LogP contribution in [0.5, 0.6) is 0 Å². The summed E-state index contributed by atoms with van der Waals surface area (Å²) >= 11 is 5.91. The van der Waals surface area contributed by atoms with Gasteiger partial charge in [0.2, 0.25) is 10.0 Å². The lowest BCUT2D eigenvalue weighted by Gasteiger charge is -2.23. The number of benzene rings is 1. The summed E-state index contributed by atoms with van der Waals surface area (Å²) in [5.41, 5.74) is 5.97. The van der Waals surface area contributed by atoms with Crippen LogP contribution in [0.25, 0.3) is 0 Å². The monoisotopic (exact) mass is 319 g/mol. The van der Waals surface area contributed by atoms with E-state index in [0.29, 0.717) is 24.8 Å². The smallest absolute Gasteiger partial charge is 0.242 e. The van der Waals surface area contributed by atoms with Gasteiger partial charge in [-0.25, -0.2) is 13.1 Å². The van der Waals surface area contributed by atoms with Crippen molar-refractivity contribution >= 4 is 27.3 Å². The average Bonchev–Trinajstić information content (AvgIpc) is 2.40. The molecule has 0 heterocycles. The van der Waals surface area contributed by atoms with Crippen molar-refractivity contribution in [2.45, 2.75) is 31.2 Å². The highest BCUT2D eigenvalue weighted by Gasteiger charge is 2.18. The molecule has 0 radical (unpaired) electrons. The molecule has 0 fully saturated rings. The topological polar surface area (TPSA) is 75.4 Å². The van der Waals surface area contributed by atoms with E-state index >= 15 is 0 Å². The van der Waals surface area contributed by atoms with E-state index in [4.69, 9.17) is 17.3 Å². The fourth-order valence-electron chi connectivity index (χ4n) is 1.69. The second-order valence-corrected chi connectivity index (χ2v) is 6.97. The molecule has 114 valence electrons. The number of nitrogens with two attached hydrogens (primary N) is 1. The molecule has 0 amide bonds. The first-order valence-corrected chi connectivity index (χ1v) is 8.39. The number of likely N-dealkylation sites (N-methyl/N-ethyl adjacent to an activating group) is 1. The van der Waals surface area contributed by atoms with Gasteiger partial charge in [0, 0.05) is 24.8 Å². The summed E-state index contributed by atoms with van der Waals surface area (Å²) in [7, 11) is -1.66. The van der Waals surface area contributed by atoms with E-state index in [-0.39, 0.29) is 9.92 Å². The maximum absolute atomic E-state index is 12.2. The number of halogens is 1. The van der Waals surface area contributed by atoms with Crippen molar-refractivity contribution in [2.24, 2.45) is 0 Å². The zero-order valence-corrected chi connectivity index (χ0v) is 13.6. The van der Waals surface area contributed by atoms with Crippen LogP contribution in [0.1, 0.15) is 20.3 Å².